The number of rotatable bonds is 5. The summed E-state index contributed by atoms with van der Waals surface area (Å²) in [5.41, 5.74) is 1.88. The Labute approximate surface area is 165 Å². The van der Waals surface area contributed by atoms with E-state index in [9.17, 15) is 9.18 Å². The van der Waals surface area contributed by atoms with Crippen LogP contribution in [0.1, 0.15) is 18.5 Å². The van der Waals surface area contributed by atoms with Gasteiger partial charge in [0.1, 0.15) is 5.82 Å². The number of aryl methyl sites for hydroxylation is 1. The Hall–Kier alpha value is -3.04. The van der Waals surface area contributed by atoms with Crippen LogP contribution in [-0.2, 0) is 6.54 Å². The predicted molar refractivity (Wildman–Crippen MR) is 101 cm³/mol. The molecule has 146 valence electrons. The molecule has 28 heavy (non-hydrogen) atoms. The first kappa shape index (κ1) is 19.7. The van der Waals surface area contributed by atoms with Gasteiger partial charge in [-0.3, -0.25) is 9.99 Å². The molecule has 3 aromatic rings. The van der Waals surface area contributed by atoms with Crippen LogP contribution in [0.2, 0.25) is 5.02 Å². The first-order valence-corrected chi connectivity index (χ1v) is 8.82. The third kappa shape index (κ3) is 4.26. The summed E-state index contributed by atoms with van der Waals surface area (Å²) in [5, 5.41) is 7.74. The molecular weight excluding hydrogens is 387 g/mol. The second-order valence-corrected chi connectivity index (χ2v) is 6.37. The summed E-state index contributed by atoms with van der Waals surface area (Å²) in [6.07, 6.45) is 1.56. The molecule has 0 aliphatic rings. The second kappa shape index (κ2) is 8.32. The Bertz CT molecular complexity index is 992. The van der Waals surface area contributed by atoms with E-state index in [-0.39, 0.29) is 23.0 Å². The van der Waals surface area contributed by atoms with Crippen LogP contribution >= 0.6 is 11.6 Å². The number of nitrogens with zero attached hydrogens (tertiary/aromatic N) is 4. The van der Waals surface area contributed by atoms with Crippen molar-refractivity contribution >= 4 is 17.6 Å². The maximum Gasteiger partial charge on any atom is 0.331 e. The average Bonchev–Trinajstić information content (AvgIpc) is 3.11. The Morgan fingerprint density at radius 2 is 2.18 bits per heavy atom. The summed E-state index contributed by atoms with van der Waals surface area (Å²) in [4.78, 5) is 20.1. The molecule has 2 heterocycles. The molecule has 2 aromatic heterocycles. The summed E-state index contributed by atoms with van der Waals surface area (Å²) in [6.45, 7) is 3.97. The summed E-state index contributed by atoms with van der Waals surface area (Å²) in [5.74, 6) is 5.39. The van der Waals surface area contributed by atoms with Gasteiger partial charge in [-0.2, -0.15) is 4.98 Å². The SMILES string of the molecule is CCN(N)C(=O)NCc1ccc(-c2cc(Cl)cc(F)c2-c2noc(C)n2)cn1. The van der Waals surface area contributed by atoms with Crippen LogP contribution in [0.3, 0.4) is 0 Å². The fraction of sp³-hybridized carbons (Fsp3) is 0.222. The highest BCUT2D eigenvalue weighted by atomic mass is 35.5. The quantitative estimate of drug-likeness (QED) is 0.383. The topological polar surface area (TPSA) is 110 Å². The van der Waals surface area contributed by atoms with Crippen LogP contribution in [0, 0.1) is 12.7 Å². The van der Waals surface area contributed by atoms with Crippen molar-refractivity contribution in [3.8, 4) is 22.5 Å². The van der Waals surface area contributed by atoms with Gasteiger partial charge in [0.05, 0.1) is 17.8 Å². The number of amides is 2. The lowest BCUT2D eigenvalue weighted by Crippen LogP contribution is -2.44. The average molecular weight is 405 g/mol. The molecule has 3 N–H and O–H groups in total. The van der Waals surface area contributed by atoms with Crippen LogP contribution in [0.25, 0.3) is 22.5 Å². The molecule has 8 nitrogen and oxygen atoms in total. The van der Waals surface area contributed by atoms with Crippen molar-refractivity contribution in [2.45, 2.75) is 20.4 Å². The first-order chi connectivity index (χ1) is 13.4. The number of aromatic nitrogens is 3. The maximum absolute atomic E-state index is 14.6. The molecule has 0 unspecified atom stereocenters. The van der Waals surface area contributed by atoms with E-state index in [1.807, 2.05) is 0 Å². The summed E-state index contributed by atoms with van der Waals surface area (Å²) in [7, 11) is 0. The van der Waals surface area contributed by atoms with Crippen molar-refractivity contribution in [1.29, 1.82) is 0 Å². The molecule has 0 fully saturated rings. The number of halogens is 2. The number of hydrogen-bond donors (Lipinski definition) is 2. The maximum atomic E-state index is 14.6. The van der Waals surface area contributed by atoms with E-state index < -0.39 is 11.8 Å². The fourth-order valence-electron chi connectivity index (χ4n) is 2.53. The lowest BCUT2D eigenvalue weighted by Gasteiger charge is -2.14. The fourth-order valence-corrected chi connectivity index (χ4v) is 2.73. The van der Waals surface area contributed by atoms with Gasteiger partial charge in [-0.1, -0.05) is 22.8 Å². The van der Waals surface area contributed by atoms with Crippen molar-refractivity contribution in [3.05, 3.63) is 52.9 Å². The number of carbonyl (C=O) groups is 1. The molecule has 2 amide bonds. The third-order valence-corrected chi connectivity index (χ3v) is 4.18. The zero-order valence-corrected chi connectivity index (χ0v) is 16.0. The minimum absolute atomic E-state index is 0.126. The van der Waals surface area contributed by atoms with Gasteiger partial charge in [0, 0.05) is 30.3 Å². The predicted octanol–water partition coefficient (Wildman–Crippen LogP) is 3.30. The van der Waals surface area contributed by atoms with Gasteiger partial charge < -0.3 is 9.84 Å². The molecule has 1 aromatic carbocycles. The molecule has 10 heteroatoms. The van der Waals surface area contributed by atoms with E-state index >= 15 is 0 Å². The zero-order valence-electron chi connectivity index (χ0n) is 15.2. The monoisotopic (exact) mass is 404 g/mol. The number of urea groups is 1. The summed E-state index contributed by atoms with van der Waals surface area (Å²) >= 11 is 6.04. The molecule has 0 aliphatic carbocycles. The van der Waals surface area contributed by atoms with Crippen LogP contribution in [0.5, 0.6) is 0 Å². The van der Waals surface area contributed by atoms with E-state index in [0.29, 0.717) is 29.3 Å². The third-order valence-electron chi connectivity index (χ3n) is 3.96. The van der Waals surface area contributed by atoms with Crippen molar-refractivity contribution in [2.24, 2.45) is 5.84 Å². The highest BCUT2D eigenvalue weighted by Crippen LogP contribution is 2.35. The summed E-state index contributed by atoms with van der Waals surface area (Å²) < 4.78 is 19.6. The van der Waals surface area contributed by atoms with Gasteiger partial charge in [0.25, 0.3) is 0 Å². The standard InChI is InChI=1S/C18H18ClFN6O2/c1-3-26(21)18(27)23-9-13-5-4-11(8-22-13)14-6-12(19)7-15(20)16(14)17-24-10(2)28-25-17/h4-8H,3,9,21H2,1-2H3,(H,23,27). The molecule has 0 saturated carbocycles. The van der Waals surface area contributed by atoms with E-state index in [1.54, 1.807) is 38.2 Å². The second-order valence-electron chi connectivity index (χ2n) is 5.93. The van der Waals surface area contributed by atoms with E-state index in [0.717, 1.165) is 5.01 Å². The van der Waals surface area contributed by atoms with Crippen molar-refractivity contribution < 1.29 is 13.7 Å². The van der Waals surface area contributed by atoms with Gasteiger partial charge in [0.2, 0.25) is 11.7 Å². The number of hydrogen-bond acceptors (Lipinski definition) is 6. The molecule has 0 bridgehead atoms. The van der Waals surface area contributed by atoms with Gasteiger partial charge in [0.15, 0.2) is 0 Å². The number of hydrazine groups is 1. The Morgan fingerprint density at radius 1 is 1.39 bits per heavy atom. The zero-order chi connectivity index (χ0) is 20.3. The van der Waals surface area contributed by atoms with Crippen LogP contribution in [-0.4, -0.2) is 32.7 Å². The van der Waals surface area contributed by atoms with Crippen molar-refractivity contribution in [1.82, 2.24) is 25.5 Å². The minimum atomic E-state index is -0.567. The lowest BCUT2D eigenvalue weighted by atomic mass is 9.99. The smallest absolute Gasteiger partial charge is 0.331 e. The van der Waals surface area contributed by atoms with E-state index in [4.69, 9.17) is 22.0 Å². The highest BCUT2D eigenvalue weighted by molar-refractivity contribution is 6.31. The van der Waals surface area contributed by atoms with Crippen LogP contribution < -0.4 is 11.2 Å². The molecule has 0 spiro atoms. The lowest BCUT2D eigenvalue weighted by molar-refractivity contribution is 0.201. The van der Waals surface area contributed by atoms with Gasteiger partial charge >= 0.3 is 6.03 Å². The Balaban J connectivity index is 1.89. The van der Waals surface area contributed by atoms with Crippen molar-refractivity contribution in [3.63, 3.8) is 0 Å². The molecule has 0 aliphatic heterocycles. The van der Waals surface area contributed by atoms with Crippen LogP contribution in [0.4, 0.5) is 9.18 Å². The molecule has 0 radical (unpaired) electrons. The molecule has 3 rings (SSSR count). The van der Waals surface area contributed by atoms with E-state index in [2.05, 4.69) is 20.4 Å². The molecule has 0 saturated heterocycles. The first-order valence-electron chi connectivity index (χ1n) is 8.44. The minimum Gasteiger partial charge on any atom is -0.339 e. The number of carbonyl (C=O) groups excluding carboxylic acids is 1. The number of nitrogens with two attached hydrogens (primary N) is 1. The van der Waals surface area contributed by atoms with Gasteiger partial charge in [-0.15, -0.1) is 0 Å². The van der Waals surface area contributed by atoms with Crippen LogP contribution in [0.15, 0.2) is 35.0 Å². The molecule has 0 atom stereocenters. The Morgan fingerprint density at radius 3 is 2.79 bits per heavy atom. The number of benzene rings is 1. The van der Waals surface area contributed by atoms with E-state index in [1.165, 1.54) is 6.07 Å². The Kier molecular flexibility index (Phi) is 5.86. The van der Waals surface area contributed by atoms with Gasteiger partial charge in [-0.25, -0.2) is 15.0 Å². The largest absolute Gasteiger partial charge is 0.339 e. The van der Waals surface area contributed by atoms with Crippen molar-refractivity contribution in [2.75, 3.05) is 6.54 Å². The highest BCUT2D eigenvalue weighted by Gasteiger charge is 2.19. The van der Waals surface area contributed by atoms with Gasteiger partial charge in [-0.05, 0) is 30.7 Å². The summed E-state index contributed by atoms with van der Waals surface area (Å²) in [6, 6.07) is 5.86. The molecular formula is C18H18ClFN6O2. The normalized spacial score (nSPS) is 10.8. The number of pyridine rings is 1. The number of nitrogens with one attached hydrogen (secondary N) is 1.